The lowest BCUT2D eigenvalue weighted by Gasteiger charge is -2.56. The Hall–Kier alpha value is -4.15. The average Bonchev–Trinajstić information content (AvgIpc) is 3.10. The third-order valence-corrected chi connectivity index (χ3v) is 12.4. The molecule has 0 N–H and O–H groups in total. The van der Waals surface area contributed by atoms with Crippen LogP contribution in [0.15, 0.2) is 127 Å². The van der Waals surface area contributed by atoms with E-state index in [2.05, 4.69) is 55.3 Å². The first-order chi connectivity index (χ1) is 23.6. The molecule has 1 aliphatic rings. The first-order valence-electron chi connectivity index (χ1n) is 17.8. The fourth-order valence-corrected chi connectivity index (χ4v) is 8.29. The van der Waals surface area contributed by atoms with Gasteiger partial charge in [0.2, 0.25) is 0 Å². The molecule has 6 rings (SSSR count). The summed E-state index contributed by atoms with van der Waals surface area (Å²) in [5.74, 6) is 0. The van der Waals surface area contributed by atoms with E-state index in [1.807, 2.05) is 69.3 Å². The summed E-state index contributed by atoms with van der Waals surface area (Å²) in [7, 11) is 2.18. The van der Waals surface area contributed by atoms with E-state index in [4.69, 9.17) is 0 Å². The van der Waals surface area contributed by atoms with Gasteiger partial charge in [0.25, 0.3) is 0 Å². The third kappa shape index (κ3) is 6.10. The van der Waals surface area contributed by atoms with Gasteiger partial charge in [-0.2, -0.15) is 13.2 Å². The molecule has 1 fully saturated rings. The van der Waals surface area contributed by atoms with E-state index in [1.54, 1.807) is 56.3 Å². The Bertz CT molecular complexity index is 1880. The van der Waals surface area contributed by atoms with E-state index in [-0.39, 0.29) is 16.5 Å². The number of benzene rings is 5. The highest BCUT2D eigenvalue weighted by atomic mass is 19.4. The lowest BCUT2D eigenvalue weighted by molar-refractivity contribution is -0.217. The molecule has 260 valence electrons. The molecule has 1 nitrogen and oxygen atoms in total. The zero-order valence-corrected chi connectivity index (χ0v) is 30.5. The monoisotopic (exact) mass is 673 g/mol. The van der Waals surface area contributed by atoms with Crippen molar-refractivity contribution in [1.29, 1.82) is 0 Å². The number of hydrogen-bond acceptors (Lipinski definition) is 1. The number of aryl methyl sites for hydroxylation is 1. The molecular formula is C46H50F3N. The molecule has 1 atom stereocenters. The molecule has 4 heteroatoms. The summed E-state index contributed by atoms with van der Waals surface area (Å²) >= 11 is 0. The molecule has 1 heterocycles. The molecule has 1 aliphatic heterocycles. The molecule has 0 saturated carbocycles. The number of likely N-dealkylation sites (tertiary alicyclic amines) is 1. The number of nitrogens with zero attached hydrogens (tertiary/aromatic N) is 1. The summed E-state index contributed by atoms with van der Waals surface area (Å²) in [6.07, 6.45) is -2.32. The van der Waals surface area contributed by atoms with Gasteiger partial charge in [0.05, 0.1) is 0 Å². The van der Waals surface area contributed by atoms with Gasteiger partial charge in [0, 0.05) is 0 Å². The van der Waals surface area contributed by atoms with Crippen molar-refractivity contribution < 1.29 is 13.2 Å². The van der Waals surface area contributed by atoms with Crippen LogP contribution in [0.25, 0.3) is 22.3 Å². The van der Waals surface area contributed by atoms with Gasteiger partial charge >= 0.3 is 6.18 Å². The Balaban J connectivity index is 1.39. The van der Waals surface area contributed by atoms with Crippen LogP contribution in [0.2, 0.25) is 0 Å². The predicted octanol–water partition coefficient (Wildman–Crippen LogP) is 12.2. The molecule has 0 radical (unpaired) electrons. The van der Waals surface area contributed by atoms with Crippen molar-refractivity contribution in [1.82, 2.24) is 4.90 Å². The molecule has 5 aromatic carbocycles. The van der Waals surface area contributed by atoms with Gasteiger partial charge in [0.1, 0.15) is 5.41 Å². The molecule has 1 saturated heterocycles. The highest BCUT2D eigenvalue weighted by Crippen LogP contribution is 2.63. The van der Waals surface area contributed by atoms with Crippen molar-refractivity contribution in [2.24, 2.45) is 5.41 Å². The van der Waals surface area contributed by atoms with Crippen LogP contribution >= 0.6 is 0 Å². The highest BCUT2D eigenvalue weighted by Gasteiger charge is 2.68. The lowest BCUT2D eigenvalue weighted by Crippen LogP contribution is -2.60. The smallest absolute Gasteiger partial charge is 0.306 e. The normalized spacial score (nSPS) is 16.9. The first-order valence-corrected chi connectivity index (χ1v) is 17.8. The van der Waals surface area contributed by atoms with Crippen molar-refractivity contribution in [2.45, 2.75) is 76.8 Å². The van der Waals surface area contributed by atoms with Crippen LogP contribution < -0.4 is 0 Å². The van der Waals surface area contributed by atoms with Crippen LogP contribution in [-0.4, -0.2) is 31.2 Å². The summed E-state index contributed by atoms with van der Waals surface area (Å²) in [6.45, 7) is 14.1. The van der Waals surface area contributed by atoms with Crippen LogP contribution in [0.5, 0.6) is 0 Å². The molecule has 5 aromatic rings. The predicted molar refractivity (Wildman–Crippen MR) is 203 cm³/mol. The van der Waals surface area contributed by atoms with Gasteiger partial charge < -0.3 is 4.90 Å². The van der Waals surface area contributed by atoms with E-state index in [9.17, 15) is 0 Å². The topological polar surface area (TPSA) is 3.24 Å². The van der Waals surface area contributed by atoms with Crippen molar-refractivity contribution in [3.05, 3.63) is 155 Å². The van der Waals surface area contributed by atoms with Crippen LogP contribution in [0.1, 0.15) is 75.3 Å². The number of rotatable bonds is 8. The van der Waals surface area contributed by atoms with E-state index >= 15 is 13.2 Å². The highest BCUT2D eigenvalue weighted by molar-refractivity contribution is 5.66. The summed E-state index contributed by atoms with van der Waals surface area (Å²) < 4.78 is 48.8. The number of piperidine rings is 1. The maximum atomic E-state index is 16.3. The van der Waals surface area contributed by atoms with Gasteiger partial charge in [-0.15, -0.1) is 0 Å². The van der Waals surface area contributed by atoms with Crippen molar-refractivity contribution in [2.75, 3.05) is 20.1 Å². The number of hydrogen-bond donors (Lipinski definition) is 0. The number of halogens is 3. The van der Waals surface area contributed by atoms with Gasteiger partial charge in [0.15, 0.2) is 0 Å². The SMILES string of the molecule is Cc1ccc(-c2ccc(C(c3ccccc3)(C(F)(F)F)C(C)(C)C(C)(C)c3ccc(-c4ccc(C5(C)CCN(C)CC5)cc4)cc3)cc2)cc1. The molecule has 0 amide bonds. The molecule has 0 aliphatic carbocycles. The van der Waals surface area contributed by atoms with Crippen molar-refractivity contribution in [3.8, 4) is 22.3 Å². The molecule has 1 unspecified atom stereocenters. The maximum Gasteiger partial charge on any atom is 0.402 e. The Kier molecular flexibility index (Phi) is 9.41. The van der Waals surface area contributed by atoms with Crippen LogP contribution in [0, 0.1) is 12.3 Å². The lowest BCUT2D eigenvalue weighted by atomic mass is 9.47. The Morgan fingerprint density at radius 1 is 0.540 bits per heavy atom. The third-order valence-electron chi connectivity index (χ3n) is 12.4. The summed E-state index contributed by atoms with van der Waals surface area (Å²) in [6, 6.07) is 40.7. The maximum absolute atomic E-state index is 16.3. The van der Waals surface area contributed by atoms with Gasteiger partial charge in [-0.1, -0.05) is 168 Å². The molecular weight excluding hydrogens is 624 g/mol. The van der Waals surface area contributed by atoms with Crippen molar-refractivity contribution >= 4 is 0 Å². The minimum absolute atomic E-state index is 0.176. The van der Waals surface area contributed by atoms with E-state index in [0.717, 1.165) is 59.3 Å². The molecule has 0 aromatic heterocycles. The van der Waals surface area contributed by atoms with Gasteiger partial charge in [-0.3, -0.25) is 0 Å². The van der Waals surface area contributed by atoms with Crippen LogP contribution in [0.4, 0.5) is 13.2 Å². The second kappa shape index (κ2) is 13.2. The Morgan fingerprint density at radius 3 is 1.40 bits per heavy atom. The quantitative estimate of drug-likeness (QED) is 0.158. The van der Waals surface area contributed by atoms with Crippen LogP contribution in [-0.2, 0) is 16.2 Å². The summed E-state index contributed by atoms with van der Waals surface area (Å²) in [5.41, 5.74) is 3.50. The Labute approximate surface area is 297 Å². The Morgan fingerprint density at radius 2 is 0.940 bits per heavy atom. The van der Waals surface area contributed by atoms with E-state index in [0.29, 0.717) is 0 Å². The minimum atomic E-state index is -4.60. The summed E-state index contributed by atoms with van der Waals surface area (Å²) in [4.78, 5) is 2.39. The average molecular weight is 674 g/mol. The van der Waals surface area contributed by atoms with E-state index in [1.165, 1.54) is 5.56 Å². The molecule has 0 bridgehead atoms. The van der Waals surface area contributed by atoms with Gasteiger partial charge in [-0.05, 0) is 101 Å². The van der Waals surface area contributed by atoms with Gasteiger partial charge in [-0.25, -0.2) is 0 Å². The fraction of sp³-hybridized carbons (Fsp3) is 0.348. The largest absolute Gasteiger partial charge is 0.402 e. The van der Waals surface area contributed by atoms with Crippen LogP contribution in [0.3, 0.4) is 0 Å². The first kappa shape index (κ1) is 35.7. The second-order valence-electron chi connectivity index (χ2n) is 15.8. The minimum Gasteiger partial charge on any atom is -0.306 e. The zero-order chi connectivity index (χ0) is 36.0. The zero-order valence-electron chi connectivity index (χ0n) is 30.5. The standard InChI is InChI=1S/C46H50F3N/c1-33-13-15-34(16-14-33)37-21-27-41(28-22-37)45(46(47,48)49,40-11-9-8-10-12-40)43(4,5)42(2,3)38-23-17-35(18-24-38)36-19-25-39(26-20-36)44(6)29-31-50(7)32-30-44/h8-28H,29-32H2,1-7H3. The van der Waals surface area contributed by atoms with E-state index < -0.39 is 22.4 Å². The fourth-order valence-electron chi connectivity index (χ4n) is 8.29. The van der Waals surface area contributed by atoms with Crippen molar-refractivity contribution in [3.63, 3.8) is 0 Å². The summed E-state index contributed by atoms with van der Waals surface area (Å²) in [5, 5.41) is 0. The molecule has 0 spiro atoms. The number of alkyl halides is 3. The molecule has 50 heavy (non-hydrogen) atoms. The second-order valence-corrected chi connectivity index (χ2v) is 15.8.